The Bertz CT molecular complexity index is 463. The Morgan fingerprint density at radius 1 is 1.12 bits per heavy atom. The number of anilines is 1. The van der Waals surface area contributed by atoms with Crippen molar-refractivity contribution in [1.82, 2.24) is 10.2 Å². The molecular weight excluding hydrogens is 218 g/mol. The van der Waals surface area contributed by atoms with Gasteiger partial charge in [-0.15, -0.1) is 10.2 Å². The monoisotopic (exact) mass is 235 g/mol. The molecule has 0 unspecified atom stereocenters. The summed E-state index contributed by atoms with van der Waals surface area (Å²) in [5, 5.41) is 9.90. The van der Waals surface area contributed by atoms with Gasteiger partial charge in [-0.1, -0.05) is 36.8 Å². The van der Waals surface area contributed by atoms with Gasteiger partial charge in [0.2, 0.25) is 0 Å². The van der Waals surface area contributed by atoms with Crippen LogP contribution in [0, 0.1) is 13.8 Å². The molecule has 0 radical (unpaired) electrons. The molecule has 1 aromatic carbocycles. The first-order valence-electron chi connectivity index (χ1n) is 5.33. The highest BCUT2D eigenvalue weighted by Gasteiger charge is 2.07. The zero-order valence-corrected chi connectivity index (χ0v) is 10.9. The van der Waals surface area contributed by atoms with E-state index < -0.39 is 0 Å². The van der Waals surface area contributed by atoms with Gasteiger partial charge in [0.1, 0.15) is 10.0 Å². The smallest absolute Gasteiger partial charge is 0.149 e. The van der Waals surface area contributed by atoms with Gasteiger partial charge < -0.3 is 5.73 Å². The molecule has 0 spiro atoms. The molecule has 0 bridgehead atoms. The van der Waals surface area contributed by atoms with Gasteiger partial charge in [-0.2, -0.15) is 0 Å². The summed E-state index contributed by atoms with van der Waals surface area (Å²) in [5.74, 6) is 0. The number of nitrogens with zero attached hydrogens (tertiary/aromatic N) is 2. The Morgan fingerprint density at radius 2 is 1.81 bits per heavy atom. The number of aryl methyl sites for hydroxylation is 2. The Balaban J connectivity index is 0.000000606. The second kappa shape index (κ2) is 5.61. The van der Waals surface area contributed by atoms with Crippen LogP contribution < -0.4 is 5.73 Å². The topological polar surface area (TPSA) is 51.8 Å². The number of benzene rings is 1. The van der Waals surface area contributed by atoms with Crippen molar-refractivity contribution in [1.29, 1.82) is 0 Å². The molecular formula is C12H17N3S. The Kier molecular flexibility index (Phi) is 4.43. The molecule has 0 saturated carbocycles. The first-order valence-corrected chi connectivity index (χ1v) is 6.15. The lowest BCUT2D eigenvalue weighted by Crippen LogP contribution is -1.90. The summed E-state index contributed by atoms with van der Waals surface area (Å²) in [7, 11) is 0. The van der Waals surface area contributed by atoms with E-state index in [1.54, 1.807) is 11.3 Å². The number of hydrogen-bond donors (Lipinski definition) is 1. The van der Waals surface area contributed by atoms with Gasteiger partial charge >= 0.3 is 0 Å². The molecule has 4 heteroatoms. The maximum absolute atomic E-state index is 5.87. The second-order valence-corrected chi connectivity index (χ2v) is 4.40. The van der Waals surface area contributed by atoms with Crippen molar-refractivity contribution in [3.05, 3.63) is 28.8 Å². The molecule has 0 fully saturated rings. The van der Waals surface area contributed by atoms with Crippen molar-refractivity contribution >= 4 is 17.0 Å². The van der Waals surface area contributed by atoms with E-state index >= 15 is 0 Å². The van der Waals surface area contributed by atoms with Gasteiger partial charge in [0.25, 0.3) is 0 Å². The summed E-state index contributed by atoms with van der Waals surface area (Å²) in [6.07, 6.45) is 0. The fourth-order valence-corrected chi connectivity index (χ4v) is 1.99. The minimum absolute atomic E-state index is 0.756. The van der Waals surface area contributed by atoms with E-state index in [9.17, 15) is 0 Å². The van der Waals surface area contributed by atoms with Gasteiger partial charge in [0, 0.05) is 11.3 Å². The summed E-state index contributed by atoms with van der Waals surface area (Å²) >= 11 is 1.56. The van der Waals surface area contributed by atoms with Crippen LogP contribution in [0.1, 0.15) is 24.4 Å². The molecule has 0 saturated heterocycles. The molecule has 2 aromatic rings. The lowest BCUT2D eigenvalue weighted by atomic mass is 10.1. The Hall–Kier alpha value is -1.42. The zero-order chi connectivity index (χ0) is 12.1. The van der Waals surface area contributed by atoms with Gasteiger partial charge in [0.05, 0.1) is 0 Å². The van der Waals surface area contributed by atoms with E-state index in [4.69, 9.17) is 5.73 Å². The molecule has 0 aliphatic carbocycles. The predicted molar refractivity (Wildman–Crippen MR) is 70.6 cm³/mol. The largest absolute Gasteiger partial charge is 0.398 e. The standard InChI is InChI=1S/C10H11N3S.C2H6/c1-6-3-4-9(11)8(5-6)10-13-12-7(2)14-10;1-2/h3-5H,11H2,1-2H3;1-2H3. The molecule has 2 rings (SSSR count). The van der Waals surface area contributed by atoms with E-state index in [0.717, 1.165) is 21.3 Å². The van der Waals surface area contributed by atoms with Crippen molar-refractivity contribution in [2.45, 2.75) is 27.7 Å². The van der Waals surface area contributed by atoms with Gasteiger partial charge in [-0.25, -0.2) is 0 Å². The molecule has 16 heavy (non-hydrogen) atoms. The van der Waals surface area contributed by atoms with Crippen molar-refractivity contribution < 1.29 is 0 Å². The van der Waals surface area contributed by atoms with Gasteiger partial charge in [-0.3, -0.25) is 0 Å². The fourth-order valence-electron chi connectivity index (χ4n) is 1.26. The first-order chi connectivity index (χ1) is 7.66. The normalized spacial score (nSPS) is 9.50. The van der Waals surface area contributed by atoms with Gasteiger partial charge in [-0.05, 0) is 26.0 Å². The minimum atomic E-state index is 0.756. The van der Waals surface area contributed by atoms with Crippen LogP contribution in [0.15, 0.2) is 18.2 Å². The molecule has 0 amide bonds. The van der Waals surface area contributed by atoms with E-state index in [2.05, 4.69) is 10.2 Å². The Labute approximate surface area is 100 Å². The second-order valence-electron chi connectivity index (χ2n) is 3.22. The molecule has 2 N–H and O–H groups in total. The maximum atomic E-state index is 5.87. The molecule has 3 nitrogen and oxygen atoms in total. The number of nitrogen functional groups attached to an aromatic ring is 1. The summed E-state index contributed by atoms with van der Waals surface area (Å²) in [6, 6.07) is 5.93. The molecule has 0 atom stereocenters. The lowest BCUT2D eigenvalue weighted by Gasteiger charge is -2.01. The van der Waals surface area contributed by atoms with Crippen molar-refractivity contribution in [2.24, 2.45) is 0 Å². The number of rotatable bonds is 1. The average molecular weight is 235 g/mol. The third-order valence-electron chi connectivity index (χ3n) is 1.97. The van der Waals surface area contributed by atoms with Gasteiger partial charge in [0.15, 0.2) is 0 Å². The number of nitrogens with two attached hydrogens (primary N) is 1. The Morgan fingerprint density at radius 3 is 2.38 bits per heavy atom. The molecule has 1 aromatic heterocycles. The van der Waals surface area contributed by atoms with E-state index in [1.165, 1.54) is 5.56 Å². The van der Waals surface area contributed by atoms with Crippen LogP contribution in [0.2, 0.25) is 0 Å². The van der Waals surface area contributed by atoms with Crippen LogP contribution in [-0.2, 0) is 0 Å². The van der Waals surface area contributed by atoms with Crippen LogP contribution in [0.25, 0.3) is 10.6 Å². The number of aromatic nitrogens is 2. The van der Waals surface area contributed by atoms with Crippen LogP contribution in [0.5, 0.6) is 0 Å². The van der Waals surface area contributed by atoms with Crippen molar-refractivity contribution in [3.63, 3.8) is 0 Å². The summed E-state index contributed by atoms with van der Waals surface area (Å²) in [4.78, 5) is 0. The highest BCUT2D eigenvalue weighted by atomic mass is 32.1. The summed E-state index contributed by atoms with van der Waals surface area (Å²) in [6.45, 7) is 7.98. The SMILES string of the molecule is CC.Cc1ccc(N)c(-c2nnc(C)s2)c1. The molecule has 86 valence electrons. The van der Waals surface area contributed by atoms with E-state index in [0.29, 0.717) is 0 Å². The van der Waals surface area contributed by atoms with E-state index in [1.807, 2.05) is 45.9 Å². The quantitative estimate of drug-likeness (QED) is 0.770. The zero-order valence-electron chi connectivity index (χ0n) is 10.1. The molecule has 1 heterocycles. The fraction of sp³-hybridized carbons (Fsp3) is 0.333. The third kappa shape index (κ3) is 2.79. The lowest BCUT2D eigenvalue weighted by molar-refractivity contribution is 1.05. The minimum Gasteiger partial charge on any atom is -0.398 e. The highest BCUT2D eigenvalue weighted by Crippen LogP contribution is 2.28. The highest BCUT2D eigenvalue weighted by molar-refractivity contribution is 7.14. The average Bonchev–Trinajstić information content (AvgIpc) is 2.71. The maximum Gasteiger partial charge on any atom is 0.149 e. The van der Waals surface area contributed by atoms with Crippen LogP contribution >= 0.6 is 11.3 Å². The van der Waals surface area contributed by atoms with Crippen LogP contribution in [-0.4, -0.2) is 10.2 Å². The third-order valence-corrected chi connectivity index (χ3v) is 2.84. The predicted octanol–water partition coefficient (Wildman–Crippen LogP) is 3.43. The summed E-state index contributed by atoms with van der Waals surface area (Å²) in [5.41, 5.74) is 8.79. The van der Waals surface area contributed by atoms with E-state index in [-0.39, 0.29) is 0 Å². The molecule has 0 aliphatic rings. The summed E-state index contributed by atoms with van der Waals surface area (Å²) < 4.78 is 0. The molecule has 0 aliphatic heterocycles. The van der Waals surface area contributed by atoms with Crippen molar-refractivity contribution in [2.75, 3.05) is 5.73 Å². The van der Waals surface area contributed by atoms with Crippen LogP contribution in [0.3, 0.4) is 0 Å². The van der Waals surface area contributed by atoms with Crippen LogP contribution in [0.4, 0.5) is 5.69 Å². The first kappa shape index (κ1) is 12.6. The number of hydrogen-bond acceptors (Lipinski definition) is 4. The van der Waals surface area contributed by atoms with Crippen molar-refractivity contribution in [3.8, 4) is 10.6 Å².